The molecule has 0 unspecified atom stereocenters. The maximum absolute atomic E-state index is 15.4. The molecule has 5 aromatic carbocycles. The first-order valence-corrected chi connectivity index (χ1v) is 47.1. The summed E-state index contributed by atoms with van der Waals surface area (Å²) in [5.41, 5.74) is 5.97. The van der Waals surface area contributed by atoms with Gasteiger partial charge in [0.25, 0.3) is 5.91 Å². The molecule has 1 aliphatic carbocycles. The van der Waals surface area contributed by atoms with Crippen LogP contribution in [-0.4, -0.2) is 198 Å². The summed E-state index contributed by atoms with van der Waals surface area (Å²) in [5.74, 6) is -1.02. The highest BCUT2D eigenvalue weighted by atomic mass is 35.5. The minimum Gasteiger partial charge on any atom is -0.455 e. The van der Waals surface area contributed by atoms with E-state index in [0.717, 1.165) is 53.3 Å². The molecule has 1 aliphatic heterocycles. The van der Waals surface area contributed by atoms with Gasteiger partial charge < -0.3 is 67.3 Å². The second-order valence-corrected chi connectivity index (χ2v) is 41.0. The topological polar surface area (TPSA) is 241 Å². The van der Waals surface area contributed by atoms with Crippen LogP contribution in [0.25, 0.3) is 5.69 Å². The van der Waals surface area contributed by atoms with E-state index in [2.05, 4.69) is 40.1 Å². The van der Waals surface area contributed by atoms with Gasteiger partial charge in [0.15, 0.2) is 31.6 Å². The van der Waals surface area contributed by atoms with Crippen molar-refractivity contribution in [3.05, 3.63) is 181 Å². The summed E-state index contributed by atoms with van der Waals surface area (Å²) in [6.45, 7) is 22.4. The predicted molar refractivity (Wildman–Crippen MR) is 430 cm³/mol. The molecule has 21 nitrogen and oxygen atoms in total. The number of benzene rings is 5. The van der Waals surface area contributed by atoms with E-state index in [1.807, 2.05) is 74.1 Å². The lowest BCUT2D eigenvalue weighted by atomic mass is 9.81. The number of fused-ring (bicyclic) bond motifs is 1. The Bertz CT molecular complexity index is 4140. The Morgan fingerprint density at radius 1 is 0.651 bits per heavy atom. The van der Waals surface area contributed by atoms with Gasteiger partial charge in [-0.3, -0.25) is 19.1 Å². The molecule has 1 fully saturated rings. The molecule has 2 aromatic heterocycles. The number of hydrogen-bond donors (Lipinski definition) is 3. The smallest absolute Gasteiger partial charge is 0.263 e. The second-order valence-electron chi connectivity index (χ2n) is 28.1. The molecule has 7 aromatic rings. The lowest BCUT2D eigenvalue weighted by Crippen LogP contribution is -2.45. The largest absolute Gasteiger partial charge is 0.455 e. The summed E-state index contributed by atoms with van der Waals surface area (Å²) in [4.78, 5) is 59.1. The van der Waals surface area contributed by atoms with E-state index >= 15 is 4.39 Å². The fourth-order valence-corrected chi connectivity index (χ4v) is 16.6. The maximum Gasteiger partial charge on any atom is 0.263 e. The van der Waals surface area contributed by atoms with Gasteiger partial charge in [0.05, 0.1) is 125 Å². The van der Waals surface area contributed by atoms with Crippen molar-refractivity contribution >= 4 is 108 Å². The fraction of sp³-hybridized carbons (Fsp3) is 0.487. The molecule has 9 rings (SSSR count). The number of pyridine rings is 1. The summed E-state index contributed by atoms with van der Waals surface area (Å²) in [6.07, 6.45) is 8.85. The molecule has 2 aliphatic rings. The number of ether oxygens (including phenoxy) is 9. The molecule has 31 heteroatoms. The molecule has 109 heavy (non-hydrogen) atoms. The van der Waals surface area contributed by atoms with Crippen LogP contribution < -0.4 is 19.9 Å². The van der Waals surface area contributed by atoms with Crippen LogP contribution in [0.5, 0.6) is 11.5 Å². The SMILES string of the molecule is C[Si](C)(O)CCCOCCOCCOCCOCCOCCOCCOCCNC(=O)CCc1cc(Cl)c(Oc2ccncc2C(=O)N2CCN(C3CC3)c3ccccc32)cc1Cl.Cc1cc(C(C)(C)c2cnc(SCc3c(F)cc(S(=O)(=O)CCCOCC[Si](C)(C)O)cc3Cl)n2-c2ccc(F)cc2)ccc1Cl. The van der Waals surface area contributed by atoms with Gasteiger partial charge in [-0.25, -0.2) is 22.2 Å². The molecule has 1 saturated carbocycles. The van der Waals surface area contributed by atoms with Crippen molar-refractivity contribution in [2.45, 2.75) is 125 Å². The standard InChI is InChI=1S/C45H64Cl2N4O11Si.C33H38Cl2F2N2O4S2Si/c1-63(2,54)31-5-17-55-19-21-57-23-25-59-27-29-61-30-28-60-26-24-58-22-20-56-18-14-49-44(52)11-8-35-32-39(47)43(33-38(35)46)62-42-12-13-48-34-37(42)45(53)51-16-15-50(36-9-10-36)40-6-3-4-7-41(40)51;1-22-17-23(7-12-28(22)34)33(2,3)31-20-38-32(39(31)25-10-8-24(36)9-11-25)44-21-27-29(35)18-26(19-30(27)37)45(40,41)15-6-13-43-14-16-46(4,5)42/h3-4,6-7,12-13,32-34,36,54H,5,8-11,14-31H2,1-2H3,(H,49,52);7-12,17-20,42H,6,13-16,21H2,1-5H3. The molecule has 0 bridgehead atoms. The summed E-state index contributed by atoms with van der Waals surface area (Å²) < 4.78 is 107. The number of carbonyl (C=O) groups excluding carboxylic acids is 2. The van der Waals surface area contributed by atoms with E-state index in [4.69, 9.17) is 89.0 Å². The lowest BCUT2D eigenvalue weighted by Gasteiger charge is -2.38. The van der Waals surface area contributed by atoms with Crippen LogP contribution in [0, 0.1) is 18.6 Å². The van der Waals surface area contributed by atoms with Crippen LogP contribution in [0.2, 0.25) is 58.4 Å². The first-order valence-electron chi connectivity index (χ1n) is 36.6. The highest BCUT2D eigenvalue weighted by Gasteiger charge is 2.37. The second kappa shape index (κ2) is 44.1. The highest BCUT2D eigenvalue weighted by Crippen LogP contribution is 2.43. The summed E-state index contributed by atoms with van der Waals surface area (Å²) >= 11 is 27.3. The molecule has 0 radical (unpaired) electrons. The van der Waals surface area contributed by atoms with Crippen molar-refractivity contribution in [3.63, 3.8) is 0 Å². The number of sulfone groups is 1. The average molecular weight is 1660 g/mol. The Balaban J connectivity index is 0.000000288. The molecule has 0 atom stereocenters. The van der Waals surface area contributed by atoms with Gasteiger partial charge in [-0.1, -0.05) is 96.3 Å². The van der Waals surface area contributed by atoms with Crippen molar-refractivity contribution in [2.24, 2.45) is 0 Å². The molecular formula is C78H102Cl4F2N6O15S2Si2. The quantitative estimate of drug-likeness (QED) is 0.0182. The third-order valence-electron chi connectivity index (χ3n) is 17.8. The third-order valence-corrected chi connectivity index (χ3v) is 25.0. The molecular weight excluding hydrogens is 1560 g/mol. The van der Waals surface area contributed by atoms with Gasteiger partial charge in [-0.15, -0.1) is 0 Å². The van der Waals surface area contributed by atoms with Gasteiger partial charge >= 0.3 is 0 Å². The third kappa shape index (κ3) is 29.1. The fourth-order valence-electron chi connectivity index (χ4n) is 11.5. The Kier molecular flexibility index (Phi) is 36.0. The maximum atomic E-state index is 15.4. The summed E-state index contributed by atoms with van der Waals surface area (Å²) in [6, 6.07) is 29.0. The number of amides is 2. The molecule has 2 amide bonds. The van der Waals surface area contributed by atoms with Crippen molar-refractivity contribution in [3.8, 4) is 17.2 Å². The van der Waals surface area contributed by atoms with Gasteiger partial charge in [0.2, 0.25) is 5.91 Å². The minimum absolute atomic E-state index is 0.00505. The number of nitrogens with zero attached hydrogens (tertiary/aromatic N) is 5. The summed E-state index contributed by atoms with van der Waals surface area (Å²) in [5, 5.41) is 4.73. The van der Waals surface area contributed by atoms with Crippen LogP contribution in [0.1, 0.15) is 84.3 Å². The van der Waals surface area contributed by atoms with E-state index in [1.165, 1.54) is 49.0 Å². The van der Waals surface area contributed by atoms with Gasteiger partial charge in [-0.05, 0) is 161 Å². The number of thioether (sulfide) groups is 1. The number of aromatic nitrogens is 3. The van der Waals surface area contributed by atoms with E-state index in [-0.39, 0.29) is 64.1 Å². The number of carbonyl (C=O) groups is 2. The number of aryl methyl sites for hydroxylation is 2. The predicted octanol–water partition coefficient (Wildman–Crippen LogP) is 15.3. The van der Waals surface area contributed by atoms with Crippen molar-refractivity contribution in [1.29, 1.82) is 0 Å². The number of halogens is 6. The number of para-hydroxylation sites is 2. The first-order chi connectivity index (χ1) is 52.1. The van der Waals surface area contributed by atoms with Crippen molar-refractivity contribution in [1.82, 2.24) is 19.9 Å². The molecule has 596 valence electrons. The van der Waals surface area contributed by atoms with Crippen molar-refractivity contribution < 1.29 is 79.0 Å². The minimum atomic E-state index is -3.80. The van der Waals surface area contributed by atoms with E-state index in [9.17, 15) is 32.0 Å². The first kappa shape index (κ1) is 88.9. The van der Waals surface area contributed by atoms with E-state index < -0.39 is 37.7 Å². The zero-order valence-electron chi connectivity index (χ0n) is 63.1. The molecule has 0 saturated heterocycles. The monoisotopic (exact) mass is 1660 g/mol. The van der Waals surface area contributed by atoms with E-state index in [1.54, 1.807) is 47.6 Å². The Hall–Kier alpha value is -5.65. The number of imidazole rings is 1. The van der Waals surface area contributed by atoms with E-state index in [0.29, 0.717) is 179 Å². The number of anilines is 2. The Morgan fingerprint density at radius 2 is 1.25 bits per heavy atom. The molecule has 3 heterocycles. The normalized spacial score (nSPS) is 13.3. The van der Waals surface area contributed by atoms with Crippen LogP contribution in [0.4, 0.5) is 20.2 Å². The van der Waals surface area contributed by atoms with Crippen LogP contribution in [0.15, 0.2) is 126 Å². The zero-order chi connectivity index (χ0) is 78.6. The number of rotatable bonds is 46. The Morgan fingerprint density at radius 3 is 1.85 bits per heavy atom. The summed E-state index contributed by atoms with van der Waals surface area (Å²) in [7, 11) is -8.00. The van der Waals surface area contributed by atoms with Gasteiger partial charge in [-0.2, -0.15) is 0 Å². The highest BCUT2D eigenvalue weighted by molar-refractivity contribution is 7.98. The Labute approximate surface area is 666 Å². The molecule has 3 N–H and O–H groups in total. The van der Waals surface area contributed by atoms with Crippen LogP contribution in [0.3, 0.4) is 0 Å². The number of hydrogen-bond acceptors (Lipinski definition) is 19. The average Bonchev–Trinajstić information content (AvgIpc) is 1.67. The van der Waals surface area contributed by atoms with Gasteiger partial charge in [0, 0.05) is 108 Å². The number of nitrogens with one attached hydrogen (secondary N) is 1. The van der Waals surface area contributed by atoms with Gasteiger partial charge in [0.1, 0.15) is 28.7 Å². The lowest BCUT2D eigenvalue weighted by molar-refractivity contribution is -0.121. The zero-order valence-corrected chi connectivity index (χ0v) is 69.7. The van der Waals surface area contributed by atoms with Crippen molar-refractivity contribution in [2.75, 3.05) is 141 Å². The van der Waals surface area contributed by atoms with Crippen LogP contribution >= 0.6 is 58.2 Å². The van der Waals surface area contributed by atoms with Crippen LogP contribution in [-0.2, 0) is 70.1 Å². The molecule has 0 spiro atoms.